The van der Waals surface area contributed by atoms with Crippen molar-refractivity contribution in [2.24, 2.45) is 0 Å². The highest BCUT2D eigenvalue weighted by atomic mass is 32.2. The van der Waals surface area contributed by atoms with Crippen molar-refractivity contribution in [1.29, 1.82) is 0 Å². The molecule has 0 aliphatic rings. The molecule has 0 spiro atoms. The van der Waals surface area contributed by atoms with E-state index in [4.69, 9.17) is 9.05 Å². The lowest BCUT2D eigenvalue weighted by molar-refractivity contribution is -0.140. The fourth-order valence-corrected chi connectivity index (χ4v) is 5.69. The Morgan fingerprint density at radius 1 is 1.08 bits per heavy atom. The van der Waals surface area contributed by atoms with Crippen LogP contribution in [0.4, 0.5) is 13.2 Å². The van der Waals surface area contributed by atoms with Gasteiger partial charge in [0.15, 0.2) is 6.35 Å². The number of aryl methyl sites for hydroxylation is 1. The van der Waals surface area contributed by atoms with E-state index in [0.29, 0.717) is 6.07 Å². The summed E-state index contributed by atoms with van der Waals surface area (Å²) in [5, 5.41) is 0. The van der Waals surface area contributed by atoms with Crippen molar-refractivity contribution in [3.63, 3.8) is 0 Å². The zero-order valence-corrected chi connectivity index (χ0v) is 16.7. The molecule has 0 amide bonds. The van der Waals surface area contributed by atoms with Crippen molar-refractivity contribution in [3.05, 3.63) is 29.3 Å². The van der Waals surface area contributed by atoms with Gasteiger partial charge in [-0.05, 0) is 46.2 Å². The molecule has 11 heteroatoms. The molecule has 0 atom stereocenters. The van der Waals surface area contributed by atoms with E-state index in [0.717, 1.165) is 6.07 Å². The van der Waals surface area contributed by atoms with Gasteiger partial charge < -0.3 is 9.05 Å². The first kappa shape index (κ1) is 23.1. The summed E-state index contributed by atoms with van der Waals surface area (Å²) in [4.78, 5) is -1.02. The molecule has 0 bridgehead atoms. The summed E-state index contributed by atoms with van der Waals surface area (Å²) >= 11 is 0. The fraction of sp³-hybridized carbons (Fsp3) is 0.600. The minimum atomic E-state index is -4.90. The van der Waals surface area contributed by atoms with Crippen molar-refractivity contribution < 1.29 is 39.4 Å². The Morgan fingerprint density at radius 3 is 2.00 bits per heavy atom. The summed E-state index contributed by atoms with van der Waals surface area (Å²) in [5.74, 6) is 0. The smallest absolute Gasteiger partial charge is 0.304 e. The molecule has 0 unspecified atom stereocenters. The highest BCUT2D eigenvalue weighted by Gasteiger charge is 2.40. The lowest BCUT2D eigenvalue weighted by atomic mass is 10.1. The van der Waals surface area contributed by atoms with Crippen LogP contribution in [-0.4, -0.2) is 27.0 Å². The van der Waals surface area contributed by atoms with Crippen LogP contribution in [-0.2, 0) is 34.1 Å². The van der Waals surface area contributed by atoms with E-state index in [9.17, 15) is 26.2 Å². The lowest BCUT2D eigenvalue weighted by Crippen LogP contribution is -2.19. The number of benzene rings is 1. The number of hydrogen-bond donors (Lipinski definition) is 0. The van der Waals surface area contributed by atoms with E-state index < -0.39 is 52.9 Å². The maximum atomic E-state index is 13.2. The minimum absolute atomic E-state index is 0.149. The number of alkyl halides is 3. The monoisotopic (exact) mass is 418 g/mol. The molecule has 0 radical (unpaired) electrons. The molecule has 1 aromatic carbocycles. The van der Waals surface area contributed by atoms with Crippen molar-refractivity contribution in [1.82, 2.24) is 0 Å². The summed E-state index contributed by atoms with van der Waals surface area (Å²) in [5.41, 5.74) is -1.51. The molecule has 1 rings (SSSR count). The SMILES string of the molecule is Cc1cccc(C(F)(F)F)c1S(=O)(=O)OCP(=O)(OC(C)C)OC(C)C. The van der Waals surface area contributed by atoms with Crippen LogP contribution in [0.1, 0.15) is 38.8 Å². The Kier molecular flexibility index (Phi) is 7.46. The van der Waals surface area contributed by atoms with E-state index in [-0.39, 0.29) is 5.56 Å². The summed E-state index contributed by atoms with van der Waals surface area (Å²) in [6.07, 6.45) is -7.08. The van der Waals surface area contributed by atoms with E-state index in [2.05, 4.69) is 4.18 Å². The molecule has 0 fully saturated rings. The topological polar surface area (TPSA) is 78.9 Å². The Balaban J connectivity index is 3.23. The summed E-state index contributed by atoms with van der Waals surface area (Å²) in [7, 11) is -8.86. The first-order valence-electron chi connectivity index (χ1n) is 7.70. The highest BCUT2D eigenvalue weighted by molar-refractivity contribution is 7.87. The average molecular weight is 418 g/mol. The molecule has 0 aliphatic carbocycles. The molecule has 150 valence electrons. The van der Waals surface area contributed by atoms with E-state index >= 15 is 0 Å². The third kappa shape index (κ3) is 6.35. The van der Waals surface area contributed by atoms with Crippen LogP contribution in [0.5, 0.6) is 0 Å². The molecular weight excluding hydrogens is 396 g/mol. The molecular formula is C15H22F3O6PS. The van der Waals surface area contributed by atoms with Gasteiger partial charge in [-0.25, -0.2) is 0 Å². The maximum Gasteiger partial charge on any atom is 0.417 e. The van der Waals surface area contributed by atoms with Crippen LogP contribution < -0.4 is 0 Å². The van der Waals surface area contributed by atoms with E-state index in [1.807, 2.05) is 0 Å². The van der Waals surface area contributed by atoms with Crippen LogP contribution in [0.3, 0.4) is 0 Å². The van der Waals surface area contributed by atoms with Crippen LogP contribution >= 0.6 is 7.60 Å². The maximum absolute atomic E-state index is 13.2. The van der Waals surface area contributed by atoms with E-state index in [1.54, 1.807) is 27.7 Å². The molecule has 1 aromatic rings. The molecule has 0 N–H and O–H groups in total. The molecule has 26 heavy (non-hydrogen) atoms. The Bertz CT molecular complexity index is 760. The van der Waals surface area contributed by atoms with Crippen LogP contribution in [0.15, 0.2) is 23.1 Å². The molecule has 0 saturated heterocycles. The van der Waals surface area contributed by atoms with Gasteiger partial charge in [-0.1, -0.05) is 12.1 Å². The van der Waals surface area contributed by atoms with Gasteiger partial charge in [0.05, 0.1) is 17.8 Å². The van der Waals surface area contributed by atoms with Gasteiger partial charge in [0.1, 0.15) is 4.90 Å². The number of hydrogen-bond acceptors (Lipinski definition) is 6. The third-order valence-corrected chi connectivity index (χ3v) is 6.45. The second kappa shape index (κ2) is 8.39. The highest BCUT2D eigenvalue weighted by Crippen LogP contribution is 2.51. The van der Waals surface area contributed by atoms with Crippen molar-refractivity contribution in [2.75, 3.05) is 6.35 Å². The average Bonchev–Trinajstić information content (AvgIpc) is 2.42. The fourth-order valence-electron chi connectivity index (χ4n) is 2.13. The molecule has 6 nitrogen and oxygen atoms in total. The van der Waals surface area contributed by atoms with Crippen molar-refractivity contribution >= 4 is 17.7 Å². The van der Waals surface area contributed by atoms with Crippen LogP contribution in [0.2, 0.25) is 0 Å². The standard InChI is InChI=1S/C15H22F3O6PS/c1-10(2)23-25(19,24-11(3)4)9-22-26(20,21)14-12(5)7-6-8-13(14)15(16,17)18/h6-8,10-11H,9H2,1-5H3. The lowest BCUT2D eigenvalue weighted by Gasteiger charge is -2.23. The van der Waals surface area contributed by atoms with Crippen molar-refractivity contribution in [3.8, 4) is 0 Å². The van der Waals surface area contributed by atoms with Gasteiger partial charge in [-0.15, -0.1) is 0 Å². The molecule has 0 aliphatic heterocycles. The number of halogens is 3. The first-order valence-corrected chi connectivity index (χ1v) is 10.8. The van der Waals surface area contributed by atoms with Gasteiger partial charge in [0.2, 0.25) is 0 Å². The van der Waals surface area contributed by atoms with Crippen LogP contribution in [0, 0.1) is 6.92 Å². The second-order valence-corrected chi connectivity index (χ2v) is 9.52. The second-order valence-electron chi connectivity index (χ2n) is 6.07. The van der Waals surface area contributed by atoms with Gasteiger partial charge >= 0.3 is 13.8 Å². The summed E-state index contributed by atoms with van der Waals surface area (Å²) in [6.45, 7) is 7.41. The Labute approximate surface area is 151 Å². The molecule has 0 heterocycles. The first-order chi connectivity index (χ1) is 11.7. The summed E-state index contributed by atoms with van der Waals surface area (Å²) < 4.78 is 91.8. The van der Waals surface area contributed by atoms with Gasteiger partial charge in [-0.2, -0.15) is 21.6 Å². The number of rotatable bonds is 8. The Hall–Kier alpha value is -0.930. The Morgan fingerprint density at radius 2 is 1.58 bits per heavy atom. The minimum Gasteiger partial charge on any atom is -0.304 e. The van der Waals surface area contributed by atoms with E-state index in [1.165, 1.54) is 13.0 Å². The zero-order chi connectivity index (χ0) is 20.3. The van der Waals surface area contributed by atoms with Crippen LogP contribution in [0.25, 0.3) is 0 Å². The molecule has 0 saturated carbocycles. The zero-order valence-electron chi connectivity index (χ0n) is 15.0. The molecule has 0 aromatic heterocycles. The normalized spacial score (nSPS) is 13.6. The quantitative estimate of drug-likeness (QED) is 0.449. The predicted octanol–water partition coefficient (Wildman–Crippen LogP) is 4.72. The largest absolute Gasteiger partial charge is 0.417 e. The van der Waals surface area contributed by atoms with Gasteiger partial charge in [0.25, 0.3) is 10.1 Å². The predicted molar refractivity (Wildman–Crippen MR) is 89.4 cm³/mol. The summed E-state index contributed by atoms with van der Waals surface area (Å²) in [6, 6.07) is 2.93. The van der Waals surface area contributed by atoms with Gasteiger partial charge in [-0.3, -0.25) is 8.75 Å². The van der Waals surface area contributed by atoms with Gasteiger partial charge in [0, 0.05) is 0 Å². The van der Waals surface area contributed by atoms with Crippen molar-refractivity contribution in [2.45, 2.75) is 57.9 Å². The third-order valence-electron chi connectivity index (χ3n) is 2.88.